The fraction of sp³-hybridized carbons (Fsp3) is 0.269. The lowest BCUT2D eigenvalue weighted by Crippen LogP contribution is -1.99. The molecule has 0 bridgehead atoms. The summed E-state index contributed by atoms with van der Waals surface area (Å²) < 4.78 is 11.6. The largest absolute Gasteiger partial charge is 0.494 e. The number of carboxylic acids is 1. The van der Waals surface area contributed by atoms with Gasteiger partial charge in [0.2, 0.25) is 0 Å². The maximum absolute atomic E-state index is 10.7. The van der Waals surface area contributed by atoms with Crippen LogP contribution in [0.2, 0.25) is 0 Å². The fourth-order valence-corrected chi connectivity index (χ4v) is 3.62. The van der Waals surface area contributed by atoms with Gasteiger partial charge in [0.05, 0.1) is 6.61 Å². The van der Waals surface area contributed by atoms with Crippen molar-refractivity contribution in [3.05, 3.63) is 82.9 Å². The second kappa shape index (κ2) is 9.97. The topological polar surface area (TPSA) is 55.8 Å². The molecule has 0 aliphatic heterocycles. The standard InChI is InChI=1S/C26H28O4/c1-4-29-24-14-18(2)26(19(3)15-24)22-7-5-6-21(16-22)17-30-23-11-8-20(9-12-23)10-13-25(27)28/h5-9,11-12,14-16H,4,10,13,17H2,1-3H3,(H,27,28). The summed E-state index contributed by atoms with van der Waals surface area (Å²) in [6.07, 6.45) is 0.663. The zero-order valence-corrected chi connectivity index (χ0v) is 17.8. The molecule has 0 fully saturated rings. The number of aliphatic carboxylic acids is 1. The molecule has 4 heteroatoms. The van der Waals surface area contributed by atoms with E-state index < -0.39 is 5.97 Å². The van der Waals surface area contributed by atoms with Crippen molar-refractivity contribution < 1.29 is 19.4 Å². The van der Waals surface area contributed by atoms with Crippen LogP contribution in [0.3, 0.4) is 0 Å². The Bertz CT molecular complexity index is 983. The third kappa shape index (κ3) is 5.63. The second-order valence-electron chi connectivity index (χ2n) is 7.39. The Morgan fingerprint density at radius 2 is 1.57 bits per heavy atom. The molecule has 3 aromatic rings. The van der Waals surface area contributed by atoms with E-state index in [1.165, 1.54) is 16.7 Å². The highest BCUT2D eigenvalue weighted by Gasteiger charge is 2.09. The molecule has 0 atom stereocenters. The van der Waals surface area contributed by atoms with E-state index in [1.54, 1.807) is 0 Å². The summed E-state index contributed by atoms with van der Waals surface area (Å²) in [5.74, 6) is 0.892. The van der Waals surface area contributed by atoms with E-state index in [0.717, 1.165) is 28.2 Å². The van der Waals surface area contributed by atoms with Crippen molar-refractivity contribution in [3.63, 3.8) is 0 Å². The molecule has 156 valence electrons. The summed E-state index contributed by atoms with van der Waals surface area (Å²) in [4.78, 5) is 10.7. The number of rotatable bonds is 9. The predicted octanol–water partition coefficient (Wildman–Crippen LogP) is 5.97. The first-order chi connectivity index (χ1) is 14.5. The fourth-order valence-electron chi connectivity index (χ4n) is 3.62. The maximum atomic E-state index is 10.7. The number of hydrogen-bond acceptors (Lipinski definition) is 3. The average Bonchev–Trinajstić information content (AvgIpc) is 2.71. The van der Waals surface area contributed by atoms with Gasteiger partial charge < -0.3 is 14.6 Å². The van der Waals surface area contributed by atoms with Crippen LogP contribution in [-0.2, 0) is 17.8 Å². The third-order valence-electron chi connectivity index (χ3n) is 4.99. The first kappa shape index (κ1) is 21.4. The van der Waals surface area contributed by atoms with Crippen LogP contribution in [0.1, 0.15) is 35.6 Å². The highest BCUT2D eigenvalue weighted by Crippen LogP contribution is 2.31. The molecule has 3 rings (SSSR count). The molecule has 30 heavy (non-hydrogen) atoms. The summed E-state index contributed by atoms with van der Waals surface area (Å²) in [5, 5.41) is 8.79. The molecule has 0 saturated heterocycles. The molecule has 4 nitrogen and oxygen atoms in total. The third-order valence-corrected chi connectivity index (χ3v) is 4.99. The maximum Gasteiger partial charge on any atom is 0.303 e. The SMILES string of the molecule is CCOc1cc(C)c(-c2cccc(COc3ccc(CCC(=O)O)cc3)c2)c(C)c1. The Kier molecular flexibility index (Phi) is 7.12. The average molecular weight is 405 g/mol. The summed E-state index contributed by atoms with van der Waals surface area (Å²) in [5.41, 5.74) is 6.85. The van der Waals surface area contributed by atoms with Crippen LogP contribution in [0.25, 0.3) is 11.1 Å². The summed E-state index contributed by atoms with van der Waals surface area (Å²) in [7, 11) is 0. The normalized spacial score (nSPS) is 10.6. The monoisotopic (exact) mass is 404 g/mol. The Morgan fingerprint density at radius 3 is 2.20 bits per heavy atom. The van der Waals surface area contributed by atoms with Crippen LogP contribution in [0.4, 0.5) is 0 Å². The minimum Gasteiger partial charge on any atom is -0.494 e. The van der Waals surface area contributed by atoms with Gasteiger partial charge in [0.1, 0.15) is 18.1 Å². The summed E-state index contributed by atoms with van der Waals surface area (Å²) in [6.45, 7) is 7.34. The number of ether oxygens (including phenoxy) is 2. The molecule has 0 heterocycles. The molecule has 0 amide bonds. The minimum absolute atomic E-state index is 0.136. The van der Waals surface area contributed by atoms with Crippen molar-refractivity contribution in [1.82, 2.24) is 0 Å². The van der Waals surface area contributed by atoms with E-state index >= 15 is 0 Å². The summed E-state index contributed by atoms with van der Waals surface area (Å²) >= 11 is 0. The van der Waals surface area contributed by atoms with Gasteiger partial charge in [0, 0.05) is 6.42 Å². The molecule has 0 aromatic heterocycles. The van der Waals surface area contributed by atoms with Gasteiger partial charge in [-0.25, -0.2) is 0 Å². The van der Waals surface area contributed by atoms with Gasteiger partial charge in [-0.3, -0.25) is 4.79 Å². The first-order valence-corrected chi connectivity index (χ1v) is 10.2. The van der Waals surface area contributed by atoms with Gasteiger partial charge in [-0.05, 0) is 90.9 Å². The Morgan fingerprint density at radius 1 is 0.867 bits per heavy atom. The molecule has 3 aromatic carbocycles. The van der Waals surface area contributed by atoms with Crippen LogP contribution >= 0.6 is 0 Å². The number of aryl methyl sites for hydroxylation is 3. The van der Waals surface area contributed by atoms with Crippen molar-refractivity contribution in [3.8, 4) is 22.6 Å². The quantitative estimate of drug-likeness (QED) is 0.478. The van der Waals surface area contributed by atoms with Gasteiger partial charge in [0.25, 0.3) is 0 Å². The van der Waals surface area contributed by atoms with Crippen molar-refractivity contribution in [2.24, 2.45) is 0 Å². The van der Waals surface area contributed by atoms with Crippen LogP contribution in [-0.4, -0.2) is 17.7 Å². The molecule has 0 radical (unpaired) electrons. The smallest absolute Gasteiger partial charge is 0.303 e. The highest BCUT2D eigenvalue weighted by molar-refractivity contribution is 5.72. The van der Waals surface area contributed by atoms with Gasteiger partial charge in [0.15, 0.2) is 0 Å². The molecule has 0 aliphatic rings. The molecule has 0 saturated carbocycles. The minimum atomic E-state index is -0.784. The van der Waals surface area contributed by atoms with Crippen LogP contribution in [0.5, 0.6) is 11.5 Å². The van der Waals surface area contributed by atoms with Crippen molar-refractivity contribution in [2.45, 2.75) is 40.2 Å². The van der Waals surface area contributed by atoms with E-state index in [-0.39, 0.29) is 6.42 Å². The van der Waals surface area contributed by atoms with E-state index in [9.17, 15) is 4.79 Å². The Hall–Kier alpha value is -3.27. The molecular formula is C26H28O4. The highest BCUT2D eigenvalue weighted by atomic mass is 16.5. The van der Waals surface area contributed by atoms with Crippen LogP contribution in [0.15, 0.2) is 60.7 Å². The molecular weight excluding hydrogens is 376 g/mol. The first-order valence-electron chi connectivity index (χ1n) is 10.2. The molecule has 0 spiro atoms. The second-order valence-corrected chi connectivity index (χ2v) is 7.39. The van der Waals surface area contributed by atoms with E-state index in [1.807, 2.05) is 31.2 Å². The number of benzene rings is 3. The zero-order valence-electron chi connectivity index (χ0n) is 17.8. The van der Waals surface area contributed by atoms with E-state index in [2.05, 4.69) is 50.2 Å². The van der Waals surface area contributed by atoms with Crippen molar-refractivity contribution in [1.29, 1.82) is 0 Å². The Balaban J connectivity index is 1.70. The molecule has 0 unspecified atom stereocenters. The zero-order chi connectivity index (χ0) is 21.5. The lowest BCUT2D eigenvalue weighted by atomic mass is 9.94. The van der Waals surface area contributed by atoms with Crippen molar-refractivity contribution in [2.75, 3.05) is 6.61 Å². The van der Waals surface area contributed by atoms with Crippen LogP contribution < -0.4 is 9.47 Å². The van der Waals surface area contributed by atoms with Gasteiger partial charge in [-0.2, -0.15) is 0 Å². The van der Waals surface area contributed by atoms with E-state index in [4.69, 9.17) is 14.6 Å². The lowest BCUT2D eigenvalue weighted by Gasteiger charge is -2.14. The number of hydrogen-bond donors (Lipinski definition) is 1. The van der Waals surface area contributed by atoms with E-state index in [0.29, 0.717) is 19.6 Å². The van der Waals surface area contributed by atoms with Crippen molar-refractivity contribution >= 4 is 5.97 Å². The van der Waals surface area contributed by atoms with Crippen LogP contribution in [0, 0.1) is 13.8 Å². The Labute approximate surface area is 178 Å². The lowest BCUT2D eigenvalue weighted by molar-refractivity contribution is -0.136. The van der Waals surface area contributed by atoms with Gasteiger partial charge in [-0.15, -0.1) is 0 Å². The predicted molar refractivity (Wildman–Crippen MR) is 119 cm³/mol. The number of carboxylic acid groups (broad SMARTS) is 1. The summed E-state index contributed by atoms with van der Waals surface area (Å²) in [6, 6.07) is 20.2. The number of carbonyl (C=O) groups is 1. The van der Waals surface area contributed by atoms with Gasteiger partial charge in [-0.1, -0.05) is 30.3 Å². The molecule has 0 aliphatic carbocycles. The molecule has 1 N–H and O–H groups in total. The van der Waals surface area contributed by atoms with Gasteiger partial charge >= 0.3 is 5.97 Å².